The van der Waals surface area contributed by atoms with Crippen LogP contribution in [-0.2, 0) is 6.54 Å². The van der Waals surface area contributed by atoms with Gasteiger partial charge in [-0.05, 0) is 24.6 Å². The van der Waals surface area contributed by atoms with Crippen LogP contribution in [0.25, 0.3) is 0 Å². The average Bonchev–Trinajstić information content (AvgIpc) is 2.42. The predicted molar refractivity (Wildman–Crippen MR) is 80.3 cm³/mol. The Balaban J connectivity index is 2.17. The smallest absolute Gasteiger partial charge is 0.219 e. The SMILES string of the molecule is Cc1ncccc1Oc1cc(CNC(C)C)c(Cl)cn1. The van der Waals surface area contributed by atoms with Crippen LogP contribution in [0.2, 0.25) is 5.02 Å². The molecule has 0 spiro atoms. The molecule has 0 aliphatic carbocycles. The molecule has 5 heteroatoms. The number of hydrogen-bond acceptors (Lipinski definition) is 4. The minimum Gasteiger partial charge on any atom is -0.437 e. The summed E-state index contributed by atoms with van der Waals surface area (Å²) >= 11 is 6.14. The standard InChI is InChI=1S/C15H18ClN3O/c1-10(2)18-8-12-7-15(19-9-13(12)16)20-14-5-4-6-17-11(14)3/h4-7,9-10,18H,8H2,1-3H3. The van der Waals surface area contributed by atoms with Crippen molar-refractivity contribution < 1.29 is 4.74 Å². The van der Waals surface area contributed by atoms with Gasteiger partial charge in [-0.3, -0.25) is 4.98 Å². The van der Waals surface area contributed by atoms with Crippen molar-refractivity contribution in [2.75, 3.05) is 0 Å². The zero-order valence-electron chi connectivity index (χ0n) is 11.9. The largest absolute Gasteiger partial charge is 0.437 e. The fraction of sp³-hybridized carbons (Fsp3) is 0.333. The molecule has 2 rings (SSSR count). The number of aromatic nitrogens is 2. The minimum absolute atomic E-state index is 0.393. The molecule has 106 valence electrons. The molecule has 0 bridgehead atoms. The fourth-order valence-electron chi connectivity index (χ4n) is 1.65. The second-order valence-electron chi connectivity index (χ2n) is 4.84. The predicted octanol–water partition coefficient (Wildman–Crippen LogP) is 3.73. The summed E-state index contributed by atoms with van der Waals surface area (Å²) < 4.78 is 5.75. The van der Waals surface area contributed by atoms with E-state index in [1.54, 1.807) is 12.4 Å². The molecule has 2 aromatic rings. The van der Waals surface area contributed by atoms with Crippen molar-refractivity contribution in [2.24, 2.45) is 0 Å². The van der Waals surface area contributed by atoms with Crippen LogP contribution in [0.4, 0.5) is 0 Å². The van der Waals surface area contributed by atoms with Crippen LogP contribution in [0.3, 0.4) is 0 Å². The number of nitrogens with zero attached hydrogens (tertiary/aromatic N) is 2. The van der Waals surface area contributed by atoms with Gasteiger partial charge >= 0.3 is 0 Å². The van der Waals surface area contributed by atoms with Crippen LogP contribution < -0.4 is 10.1 Å². The summed E-state index contributed by atoms with van der Waals surface area (Å²) in [5.41, 5.74) is 1.79. The average molecular weight is 292 g/mol. The van der Waals surface area contributed by atoms with Crippen molar-refractivity contribution in [3.8, 4) is 11.6 Å². The monoisotopic (exact) mass is 291 g/mol. The molecule has 0 aromatic carbocycles. The summed E-state index contributed by atoms with van der Waals surface area (Å²) in [6, 6.07) is 5.94. The lowest BCUT2D eigenvalue weighted by molar-refractivity contribution is 0.455. The molecule has 0 atom stereocenters. The summed E-state index contributed by atoms with van der Waals surface area (Å²) in [5.74, 6) is 1.22. The molecular weight excluding hydrogens is 274 g/mol. The number of hydrogen-bond donors (Lipinski definition) is 1. The van der Waals surface area contributed by atoms with Gasteiger partial charge in [-0.25, -0.2) is 4.98 Å². The maximum Gasteiger partial charge on any atom is 0.219 e. The first-order valence-corrected chi connectivity index (χ1v) is 6.91. The van der Waals surface area contributed by atoms with Crippen molar-refractivity contribution in [1.82, 2.24) is 15.3 Å². The lowest BCUT2D eigenvalue weighted by Gasteiger charge is -2.11. The normalized spacial score (nSPS) is 10.8. The van der Waals surface area contributed by atoms with Crippen molar-refractivity contribution in [3.05, 3.63) is 46.9 Å². The summed E-state index contributed by atoms with van der Waals surface area (Å²) in [6.45, 7) is 6.75. The van der Waals surface area contributed by atoms with Gasteiger partial charge in [0.1, 0.15) is 0 Å². The van der Waals surface area contributed by atoms with E-state index in [9.17, 15) is 0 Å². The molecule has 20 heavy (non-hydrogen) atoms. The van der Waals surface area contributed by atoms with Gasteiger partial charge in [0, 0.05) is 31.0 Å². The van der Waals surface area contributed by atoms with Crippen LogP contribution in [0.1, 0.15) is 25.1 Å². The number of halogens is 1. The molecular formula is C15H18ClN3O. The first-order chi connectivity index (χ1) is 9.56. The Labute approximate surface area is 124 Å². The van der Waals surface area contributed by atoms with Crippen LogP contribution in [0.5, 0.6) is 11.6 Å². The molecule has 1 N–H and O–H groups in total. The van der Waals surface area contributed by atoms with Gasteiger partial charge in [0.25, 0.3) is 0 Å². The van der Waals surface area contributed by atoms with E-state index in [1.807, 2.05) is 25.1 Å². The molecule has 4 nitrogen and oxygen atoms in total. The molecule has 0 radical (unpaired) electrons. The van der Waals surface area contributed by atoms with E-state index < -0.39 is 0 Å². The van der Waals surface area contributed by atoms with Gasteiger partial charge in [-0.15, -0.1) is 0 Å². The highest BCUT2D eigenvalue weighted by molar-refractivity contribution is 6.31. The second kappa shape index (κ2) is 6.68. The Hall–Kier alpha value is -1.65. The Morgan fingerprint density at radius 3 is 2.85 bits per heavy atom. The molecule has 0 fully saturated rings. The van der Waals surface area contributed by atoms with Crippen molar-refractivity contribution in [1.29, 1.82) is 0 Å². The molecule has 2 aromatic heterocycles. The molecule has 0 saturated heterocycles. The Bertz CT molecular complexity index is 587. The van der Waals surface area contributed by atoms with E-state index in [4.69, 9.17) is 16.3 Å². The van der Waals surface area contributed by atoms with Gasteiger partial charge in [-0.2, -0.15) is 0 Å². The lowest BCUT2D eigenvalue weighted by atomic mass is 10.2. The molecule has 2 heterocycles. The lowest BCUT2D eigenvalue weighted by Crippen LogP contribution is -2.22. The number of ether oxygens (including phenoxy) is 1. The summed E-state index contributed by atoms with van der Waals surface area (Å²) in [5, 5.41) is 3.96. The number of nitrogens with one attached hydrogen (secondary N) is 1. The molecule has 0 amide bonds. The van der Waals surface area contributed by atoms with Gasteiger partial charge in [-0.1, -0.05) is 25.4 Å². The topological polar surface area (TPSA) is 47.0 Å². The van der Waals surface area contributed by atoms with Crippen molar-refractivity contribution in [3.63, 3.8) is 0 Å². The number of aryl methyl sites for hydroxylation is 1. The first-order valence-electron chi connectivity index (χ1n) is 6.53. The maximum absolute atomic E-state index is 6.14. The molecule has 0 aliphatic rings. The number of pyridine rings is 2. The zero-order chi connectivity index (χ0) is 14.5. The van der Waals surface area contributed by atoms with Crippen LogP contribution in [0, 0.1) is 6.92 Å². The summed E-state index contributed by atoms with van der Waals surface area (Å²) in [4.78, 5) is 8.38. The quantitative estimate of drug-likeness (QED) is 0.912. The van der Waals surface area contributed by atoms with Gasteiger partial charge in [0.2, 0.25) is 5.88 Å². The zero-order valence-corrected chi connectivity index (χ0v) is 12.6. The Morgan fingerprint density at radius 2 is 2.15 bits per heavy atom. The maximum atomic E-state index is 6.14. The molecule has 0 unspecified atom stereocenters. The highest BCUT2D eigenvalue weighted by atomic mass is 35.5. The van der Waals surface area contributed by atoms with Gasteiger partial charge in [0.15, 0.2) is 5.75 Å². The van der Waals surface area contributed by atoms with Crippen LogP contribution in [-0.4, -0.2) is 16.0 Å². The Morgan fingerprint density at radius 1 is 1.35 bits per heavy atom. The van der Waals surface area contributed by atoms with E-state index in [-0.39, 0.29) is 0 Å². The van der Waals surface area contributed by atoms with E-state index in [2.05, 4.69) is 29.1 Å². The molecule has 0 saturated carbocycles. The van der Waals surface area contributed by atoms with Crippen LogP contribution in [0.15, 0.2) is 30.6 Å². The van der Waals surface area contributed by atoms with Crippen molar-refractivity contribution >= 4 is 11.6 Å². The third-order valence-corrected chi connectivity index (χ3v) is 3.12. The first kappa shape index (κ1) is 14.8. The Kier molecular flexibility index (Phi) is 4.93. The van der Waals surface area contributed by atoms with Crippen LogP contribution >= 0.6 is 11.6 Å². The van der Waals surface area contributed by atoms with E-state index in [0.717, 1.165) is 11.3 Å². The van der Waals surface area contributed by atoms with Crippen molar-refractivity contribution in [2.45, 2.75) is 33.4 Å². The molecule has 0 aliphatic heterocycles. The third-order valence-electron chi connectivity index (χ3n) is 2.78. The second-order valence-corrected chi connectivity index (χ2v) is 5.25. The highest BCUT2D eigenvalue weighted by Crippen LogP contribution is 2.25. The third kappa shape index (κ3) is 3.92. The summed E-state index contributed by atoms with van der Waals surface area (Å²) in [7, 11) is 0. The fourth-order valence-corrected chi connectivity index (χ4v) is 1.82. The van der Waals surface area contributed by atoms with E-state index in [0.29, 0.717) is 29.2 Å². The summed E-state index contributed by atoms with van der Waals surface area (Å²) in [6.07, 6.45) is 3.34. The van der Waals surface area contributed by atoms with Gasteiger partial charge < -0.3 is 10.1 Å². The van der Waals surface area contributed by atoms with E-state index in [1.165, 1.54) is 0 Å². The van der Waals surface area contributed by atoms with Gasteiger partial charge in [0.05, 0.1) is 10.7 Å². The van der Waals surface area contributed by atoms with E-state index >= 15 is 0 Å². The minimum atomic E-state index is 0.393. The highest BCUT2D eigenvalue weighted by Gasteiger charge is 2.07. The number of rotatable bonds is 5.